The number of nitrogens with zero attached hydrogens (tertiary/aromatic N) is 1. The number of anilines is 2. The van der Waals surface area contributed by atoms with Gasteiger partial charge in [0.1, 0.15) is 6.54 Å². The van der Waals surface area contributed by atoms with Gasteiger partial charge in [0.15, 0.2) is 0 Å². The van der Waals surface area contributed by atoms with E-state index in [0.29, 0.717) is 5.69 Å². The first-order valence-corrected chi connectivity index (χ1v) is 7.48. The van der Waals surface area contributed by atoms with Gasteiger partial charge in [0.25, 0.3) is 0 Å². The van der Waals surface area contributed by atoms with E-state index in [2.05, 4.69) is 5.32 Å². The zero-order chi connectivity index (χ0) is 18.6. The van der Waals surface area contributed by atoms with E-state index in [9.17, 15) is 22.8 Å². The summed E-state index contributed by atoms with van der Waals surface area (Å²) in [4.78, 5) is 25.0. The molecule has 4 nitrogen and oxygen atoms in total. The minimum atomic E-state index is -4.46. The maximum absolute atomic E-state index is 12.6. The molecule has 2 aromatic rings. The molecule has 0 bridgehead atoms. The largest absolute Gasteiger partial charge is 0.416 e. The molecular formula is C18H17F3N2O2. The highest BCUT2D eigenvalue weighted by molar-refractivity contribution is 6.01. The van der Waals surface area contributed by atoms with Crippen LogP contribution in [0.25, 0.3) is 0 Å². The van der Waals surface area contributed by atoms with Crippen molar-refractivity contribution in [1.29, 1.82) is 0 Å². The fourth-order valence-corrected chi connectivity index (χ4v) is 2.20. The lowest BCUT2D eigenvalue weighted by atomic mass is 10.2. The molecule has 0 saturated heterocycles. The average molecular weight is 350 g/mol. The van der Waals surface area contributed by atoms with Crippen molar-refractivity contribution in [1.82, 2.24) is 0 Å². The summed E-state index contributed by atoms with van der Waals surface area (Å²) >= 11 is 0. The zero-order valence-corrected chi connectivity index (χ0v) is 13.7. The molecule has 1 N–H and O–H groups in total. The molecule has 2 amide bonds. The Hall–Kier alpha value is -2.83. The van der Waals surface area contributed by atoms with Crippen molar-refractivity contribution in [3.05, 3.63) is 59.7 Å². The van der Waals surface area contributed by atoms with Crippen molar-refractivity contribution in [3.63, 3.8) is 0 Å². The molecule has 2 rings (SSSR count). The molecule has 0 fully saturated rings. The number of halogens is 3. The number of hydrogen-bond acceptors (Lipinski definition) is 2. The van der Waals surface area contributed by atoms with Crippen LogP contribution < -0.4 is 10.2 Å². The molecule has 0 aliphatic carbocycles. The van der Waals surface area contributed by atoms with Crippen LogP contribution in [0.1, 0.15) is 18.1 Å². The molecule has 0 atom stereocenters. The van der Waals surface area contributed by atoms with Gasteiger partial charge in [-0.15, -0.1) is 0 Å². The Morgan fingerprint density at radius 3 is 2.04 bits per heavy atom. The van der Waals surface area contributed by atoms with Crippen molar-refractivity contribution in [2.45, 2.75) is 20.0 Å². The fourth-order valence-electron chi connectivity index (χ4n) is 2.20. The van der Waals surface area contributed by atoms with Crippen LogP contribution >= 0.6 is 0 Å². The van der Waals surface area contributed by atoms with E-state index in [1.54, 1.807) is 12.1 Å². The average Bonchev–Trinajstić information content (AvgIpc) is 2.54. The Morgan fingerprint density at radius 1 is 1.00 bits per heavy atom. The molecule has 0 spiro atoms. The first-order valence-electron chi connectivity index (χ1n) is 7.48. The van der Waals surface area contributed by atoms with Gasteiger partial charge in [0.05, 0.1) is 5.56 Å². The highest BCUT2D eigenvalue weighted by Crippen LogP contribution is 2.30. The number of rotatable bonds is 4. The molecule has 0 aliphatic heterocycles. The highest BCUT2D eigenvalue weighted by Gasteiger charge is 2.30. The van der Waals surface area contributed by atoms with Crippen LogP contribution in [0, 0.1) is 6.92 Å². The molecule has 0 aliphatic rings. The lowest BCUT2D eigenvalue weighted by Gasteiger charge is -2.21. The second-order valence-electron chi connectivity index (χ2n) is 5.56. The van der Waals surface area contributed by atoms with E-state index in [-0.39, 0.29) is 12.2 Å². The van der Waals surface area contributed by atoms with E-state index >= 15 is 0 Å². The molecule has 0 aromatic heterocycles. The Morgan fingerprint density at radius 2 is 1.56 bits per heavy atom. The molecule has 132 valence electrons. The summed E-state index contributed by atoms with van der Waals surface area (Å²) in [6, 6.07) is 11.2. The van der Waals surface area contributed by atoms with E-state index in [0.717, 1.165) is 22.6 Å². The number of aryl methyl sites for hydroxylation is 1. The Bertz CT molecular complexity index is 753. The van der Waals surface area contributed by atoms with Crippen LogP contribution in [0.3, 0.4) is 0 Å². The third-order valence-electron chi connectivity index (χ3n) is 3.52. The quantitative estimate of drug-likeness (QED) is 0.906. The summed E-state index contributed by atoms with van der Waals surface area (Å²) in [5.74, 6) is -0.891. The topological polar surface area (TPSA) is 49.4 Å². The molecule has 7 heteroatoms. The highest BCUT2D eigenvalue weighted by atomic mass is 19.4. The molecule has 25 heavy (non-hydrogen) atoms. The van der Waals surface area contributed by atoms with Gasteiger partial charge in [-0.05, 0) is 43.3 Å². The van der Waals surface area contributed by atoms with E-state index < -0.39 is 23.6 Å². The van der Waals surface area contributed by atoms with Gasteiger partial charge in [0, 0.05) is 18.3 Å². The maximum Gasteiger partial charge on any atom is 0.416 e. The number of amides is 2. The van der Waals surface area contributed by atoms with Crippen molar-refractivity contribution < 1.29 is 22.8 Å². The van der Waals surface area contributed by atoms with E-state index in [4.69, 9.17) is 0 Å². The first-order chi connectivity index (χ1) is 11.7. The summed E-state index contributed by atoms with van der Waals surface area (Å²) in [7, 11) is 0. The number of carbonyl (C=O) groups excluding carboxylic acids is 2. The molecule has 2 aromatic carbocycles. The number of nitrogens with one attached hydrogen (secondary N) is 1. The number of alkyl halides is 3. The summed E-state index contributed by atoms with van der Waals surface area (Å²) in [6.07, 6.45) is -4.46. The van der Waals surface area contributed by atoms with Crippen molar-refractivity contribution in [2.24, 2.45) is 0 Å². The van der Waals surface area contributed by atoms with Crippen LogP contribution in [0.2, 0.25) is 0 Å². The molecule has 0 heterocycles. The van der Waals surface area contributed by atoms with E-state index in [1.165, 1.54) is 19.1 Å². The summed E-state index contributed by atoms with van der Waals surface area (Å²) < 4.78 is 37.8. The monoisotopic (exact) mass is 350 g/mol. The number of hydrogen-bond donors (Lipinski definition) is 1. The lowest BCUT2D eigenvalue weighted by molar-refractivity contribution is -0.137. The standard InChI is InChI=1S/C18H17F3N2O2/c1-12-3-7-15(8-4-12)22-17(25)11-23(13(2)24)16-9-5-14(6-10-16)18(19,20)21/h3-10H,11H2,1-2H3,(H,22,25). The van der Waals surface area contributed by atoms with Crippen LogP contribution in [-0.2, 0) is 15.8 Å². The maximum atomic E-state index is 12.6. The Balaban J connectivity index is 2.11. The minimum Gasteiger partial charge on any atom is -0.325 e. The molecule has 0 unspecified atom stereocenters. The first kappa shape index (κ1) is 18.5. The molecular weight excluding hydrogens is 333 g/mol. The second-order valence-corrected chi connectivity index (χ2v) is 5.56. The predicted octanol–water partition coefficient (Wildman–Crippen LogP) is 4.01. The van der Waals surface area contributed by atoms with Crippen molar-refractivity contribution in [2.75, 3.05) is 16.8 Å². The van der Waals surface area contributed by atoms with Crippen LogP contribution in [0.4, 0.5) is 24.5 Å². The zero-order valence-electron chi connectivity index (χ0n) is 13.7. The third-order valence-corrected chi connectivity index (χ3v) is 3.52. The van der Waals surface area contributed by atoms with Crippen LogP contribution in [0.5, 0.6) is 0 Å². The van der Waals surface area contributed by atoms with E-state index in [1.807, 2.05) is 19.1 Å². The summed E-state index contributed by atoms with van der Waals surface area (Å²) in [5.41, 5.74) is 1.02. The predicted molar refractivity (Wildman–Crippen MR) is 89.3 cm³/mol. The molecule has 0 radical (unpaired) electrons. The van der Waals surface area contributed by atoms with Crippen LogP contribution in [0.15, 0.2) is 48.5 Å². The Labute approximate surface area is 143 Å². The molecule has 0 saturated carbocycles. The van der Waals surface area contributed by atoms with Gasteiger partial charge in [-0.2, -0.15) is 13.2 Å². The minimum absolute atomic E-state index is 0.222. The van der Waals surface area contributed by atoms with Gasteiger partial charge in [0.2, 0.25) is 11.8 Å². The summed E-state index contributed by atoms with van der Waals surface area (Å²) in [5, 5.41) is 2.65. The van der Waals surface area contributed by atoms with Gasteiger partial charge < -0.3 is 10.2 Å². The summed E-state index contributed by atoms with van der Waals surface area (Å²) in [6.45, 7) is 2.86. The normalized spacial score (nSPS) is 11.1. The van der Waals surface area contributed by atoms with Crippen LogP contribution in [-0.4, -0.2) is 18.4 Å². The lowest BCUT2D eigenvalue weighted by Crippen LogP contribution is -2.36. The number of benzene rings is 2. The van der Waals surface area contributed by atoms with Crippen molar-refractivity contribution in [3.8, 4) is 0 Å². The fraction of sp³-hybridized carbons (Fsp3) is 0.222. The SMILES string of the molecule is CC(=O)N(CC(=O)Nc1ccc(C)cc1)c1ccc(C(F)(F)F)cc1. The van der Waals surface area contributed by atoms with Crippen molar-refractivity contribution >= 4 is 23.2 Å². The second kappa shape index (κ2) is 7.38. The number of carbonyl (C=O) groups is 2. The van der Waals surface area contributed by atoms with Gasteiger partial charge >= 0.3 is 6.18 Å². The van der Waals surface area contributed by atoms with Gasteiger partial charge in [-0.3, -0.25) is 9.59 Å². The van der Waals surface area contributed by atoms with Gasteiger partial charge in [-0.1, -0.05) is 17.7 Å². The van der Waals surface area contributed by atoms with Gasteiger partial charge in [-0.25, -0.2) is 0 Å². The Kier molecular flexibility index (Phi) is 5.46. The smallest absolute Gasteiger partial charge is 0.325 e. The third kappa shape index (κ3) is 5.07.